The van der Waals surface area contributed by atoms with Gasteiger partial charge in [0.2, 0.25) is 5.88 Å². The summed E-state index contributed by atoms with van der Waals surface area (Å²) in [5.41, 5.74) is 10.1. The number of pyridine rings is 1. The van der Waals surface area contributed by atoms with E-state index in [1.165, 1.54) is 0 Å². The predicted molar refractivity (Wildman–Crippen MR) is 82.2 cm³/mol. The monoisotopic (exact) mass is 285 g/mol. The second-order valence-corrected chi connectivity index (χ2v) is 5.05. The van der Waals surface area contributed by atoms with Crippen molar-refractivity contribution in [2.75, 3.05) is 0 Å². The van der Waals surface area contributed by atoms with Crippen LogP contribution in [0.4, 0.5) is 0 Å². The van der Waals surface area contributed by atoms with E-state index in [0.29, 0.717) is 17.2 Å². The van der Waals surface area contributed by atoms with Gasteiger partial charge in [-0.3, -0.25) is 0 Å². The summed E-state index contributed by atoms with van der Waals surface area (Å²) in [7, 11) is 0. The van der Waals surface area contributed by atoms with Crippen LogP contribution in [0.3, 0.4) is 0 Å². The molecule has 0 fully saturated rings. The van der Waals surface area contributed by atoms with Crippen LogP contribution in [0.5, 0.6) is 11.6 Å². The summed E-state index contributed by atoms with van der Waals surface area (Å²) in [5.74, 6) is 1.04. The summed E-state index contributed by atoms with van der Waals surface area (Å²) >= 11 is 0. The van der Waals surface area contributed by atoms with Crippen LogP contribution in [0.2, 0.25) is 0 Å². The molecule has 2 rings (SSSR count). The van der Waals surface area contributed by atoms with Gasteiger partial charge < -0.3 is 15.7 Å². The van der Waals surface area contributed by atoms with Gasteiger partial charge >= 0.3 is 0 Å². The summed E-state index contributed by atoms with van der Waals surface area (Å²) < 4.78 is 5.92. The van der Waals surface area contributed by atoms with Crippen LogP contribution in [0.25, 0.3) is 0 Å². The molecule has 0 radical (unpaired) electrons. The van der Waals surface area contributed by atoms with Gasteiger partial charge in [-0.2, -0.15) is 0 Å². The Labute approximate surface area is 124 Å². The zero-order valence-corrected chi connectivity index (χ0v) is 12.6. The Bertz CT molecular complexity index is 709. The maximum absolute atomic E-state index is 8.95. The molecule has 1 heterocycles. The zero-order chi connectivity index (χ0) is 15.6. The van der Waals surface area contributed by atoms with E-state index < -0.39 is 0 Å². The molecule has 21 heavy (non-hydrogen) atoms. The summed E-state index contributed by atoms with van der Waals surface area (Å²) in [5, 5.41) is 12.0. The van der Waals surface area contributed by atoms with Crippen LogP contribution in [-0.2, 0) is 0 Å². The van der Waals surface area contributed by atoms with E-state index in [-0.39, 0.29) is 5.84 Å². The summed E-state index contributed by atoms with van der Waals surface area (Å²) in [6.07, 6.45) is 0. The smallest absolute Gasteiger partial charge is 0.230 e. The number of hydrogen-bond acceptors (Lipinski definition) is 4. The molecule has 5 heteroatoms. The summed E-state index contributed by atoms with van der Waals surface area (Å²) in [6, 6.07) is 7.67. The van der Waals surface area contributed by atoms with Gasteiger partial charge in [0.05, 0.1) is 5.56 Å². The van der Waals surface area contributed by atoms with E-state index in [9.17, 15) is 0 Å². The van der Waals surface area contributed by atoms with Crippen molar-refractivity contribution in [2.45, 2.75) is 27.7 Å². The van der Waals surface area contributed by atoms with Crippen LogP contribution in [0.1, 0.15) is 27.9 Å². The first-order valence-electron chi connectivity index (χ1n) is 6.64. The number of hydrogen-bond donors (Lipinski definition) is 2. The molecule has 0 aliphatic heterocycles. The number of nitrogens with zero attached hydrogens (tertiary/aromatic N) is 2. The van der Waals surface area contributed by atoms with Crippen molar-refractivity contribution in [3.8, 4) is 11.6 Å². The molecule has 0 unspecified atom stereocenters. The molecule has 0 saturated carbocycles. The Morgan fingerprint density at radius 2 is 1.90 bits per heavy atom. The van der Waals surface area contributed by atoms with Gasteiger partial charge in [0, 0.05) is 5.69 Å². The van der Waals surface area contributed by atoms with Gasteiger partial charge in [-0.15, -0.1) is 0 Å². The molecule has 110 valence electrons. The van der Waals surface area contributed by atoms with E-state index in [1.807, 2.05) is 52.0 Å². The van der Waals surface area contributed by atoms with E-state index in [1.54, 1.807) is 0 Å². The van der Waals surface area contributed by atoms with Gasteiger partial charge in [-0.1, -0.05) is 17.3 Å². The zero-order valence-electron chi connectivity index (χ0n) is 12.6. The number of ether oxygens (including phenoxy) is 1. The first-order chi connectivity index (χ1) is 9.93. The maximum Gasteiger partial charge on any atom is 0.230 e. The molecule has 0 aliphatic rings. The molecule has 5 nitrogen and oxygen atoms in total. The van der Waals surface area contributed by atoms with Crippen LogP contribution >= 0.6 is 0 Å². The van der Waals surface area contributed by atoms with E-state index in [0.717, 1.165) is 22.4 Å². The Morgan fingerprint density at radius 3 is 2.57 bits per heavy atom. The van der Waals surface area contributed by atoms with E-state index in [2.05, 4.69) is 10.1 Å². The third-order valence-electron chi connectivity index (χ3n) is 3.44. The van der Waals surface area contributed by atoms with Crippen molar-refractivity contribution in [3.05, 3.63) is 52.2 Å². The van der Waals surface area contributed by atoms with Crippen molar-refractivity contribution in [1.29, 1.82) is 0 Å². The van der Waals surface area contributed by atoms with Gasteiger partial charge in [-0.25, -0.2) is 4.98 Å². The molecular weight excluding hydrogens is 266 g/mol. The predicted octanol–water partition coefficient (Wildman–Crippen LogP) is 3.20. The average molecular weight is 285 g/mol. The van der Waals surface area contributed by atoms with Crippen LogP contribution in [0.15, 0.2) is 29.4 Å². The fourth-order valence-electron chi connectivity index (χ4n) is 2.18. The molecule has 1 aromatic heterocycles. The first kappa shape index (κ1) is 14.8. The van der Waals surface area contributed by atoms with E-state index in [4.69, 9.17) is 15.7 Å². The Morgan fingerprint density at radius 1 is 1.19 bits per heavy atom. The highest BCUT2D eigenvalue weighted by Gasteiger charge is 2.16. The van der Waals surface area contributed by atoms with E-state index >= 15 is 0 Å². The topological polar surface area (TPSA) is 80.7 Å². The number of rotatable bonds is 3. The molecule has 2 aromatic rings. The lowest BCUT2D eigenvalue weighted by Crippen LogP contribution is -2.17. The SMILES string of the molecule is Cc1cc(C)c(C(N)=NO)c(Oc2cccc(C)c2C)n1. The standard InChI is InChI=1S/C16H19N3O2/c1-9-6-5-7-13(12(9)4)21-16-14(15(17)19-20)10(2)8-11(3)18-16/h5-8,20H,1-4H3,(H2,17,19). The van der Waals surface area contributed by atoms with Crippen molar-refractivity contribution < 1.29 is 9.94 Å². The summed E-state index contributed by atoms with van der Waals surface area (Å²) in [4.78, 5) is 4.37. The van der Waals surface area contributed by atoms with Gasteiger partial charge in [-0.05, 0) is 56.5 Å². The maximum atomic E-state index is 8.95. The third-order valence-corrected chi connectivity index (χ3v) is 3.44. The molecular formula is C16H19N3O2. The highest BCUT2D eigenvalue weighted by molar-refractivity contribution is 6.00. The number of oxime groups is 1. The molecule has 0 spiro atoms. The molecule has 0 bridgehead atoms. The lowest BCUT2D eigenvalue weighted by Gasteiger charge is -2.14. The fourth-order valence-corrected chi connectivity index (χ4v) is 2.18. The highest BCUT2D eigenvalue weighted by atomic mass is 16.5. The molecule has 1 aromatic carbocycles. The minimum absolute atomic E-state index is 0.0136. The van der Waals surface area contributed by atoms with Gasteiger partial charge in [0.25, 0.3) is 0 Å². The number of nitrogens with two attached hydrogens (primary N) is 1. The molecule has 0 amide bonds. The van der Waals surface area contributed by atoms with Gasteiger partial charge in [0.15, 0.2) is 5.84 Å². The Kier molecular flexibility index (Phi) is 4.12. The van der Waals surface area contributed by atoms with Gasteiger partial charge in [0.1, 0.15) is 5.75 Å². The second kappa shape index (κ2) is 5.83. The number of aromatic nitrogens is 1. The number of aryl methyl sites for hydroxylation is 3. The summed E-state index contributed by atoms with van der Waals surface area (Å²) in [6.45, 7) is 7.75. The van der Waals surface area contributed by atoms with Crippen molar-refractivity contribution in [3.63, 3.8) is 0 Å². The lowest BCUT2D eigenvalue weighted by atomic mass is 10.1. The first-order valence-corrected chi connectivity index (χ1v) is 6.64. The van der Waals surface area contributed by atoms with Crippen molar-refractivity contribution in [1.82, 2.24) is 4.98 Å². The van der Waals surface area contributed by atoms with Crippen molar-refractivity contribution >= 4 is 5.84 Å². The second-order valence-electron chi connectivity index (χ2n) is 5.05. The Hall–Kier alpha value is -2.56. The highest BCUT2D eigenvalue weighted by Crippen LogP contribution is 2.29. The number of benzene rings is 1. The molecule has 0 aliphatic carbocycles. The third kappa shape index (κ3) is 2.97. The molecule has 0 saturated heterocycles. The minimum Gasteiger partial charge on any atom is -0.438 e. The lowest BCUT2D eigenvalue weighted by molar-refractivity contribution is 0.318. The van der Waals surface area contributed by atoms with Crippen LogP contribution in [-0.4, -0.2) is 16.0 Å². The Balaban J connectivity index is 2.56. The quantitative estimate of drug-likeness (QED) is 0.393. The number of amidine groups is 1. The molecule has 3 N–H and O–H groups in total. The van der Waals surface area contributed by atoms with Crippen LogP contribution in [0, 0.1) is 27.7 Å². The fraction of sp³-hybridized carbons (Fsp3) is 0.250. The van der Waals surface area contributed by atoms with Crippen molar-refractivity contribution in [2.24, 2.45) is 10.9 Å². The largest absolute Gasteiger partial charge is 0.438 e. The molecule has 0 atom stereocenters. The average Bonchev–Trinajstić information content (AvgIpc) is 2.42. The van der Waals surface area contributed by atoms with Crippen LogP contribution < -0.4 is 10.5 Å². The minimum atomic E-state index is -0.0136. The normalized spacial score (nSPS) is 11.5.